The summed E-state index contributed by atoms with van der Waals surface area (Å²) >= 11 is 0. The Morgan fingerprint density at radius 2 is 2.08 bits per heavy atom. The molecular weight excluding hydrogens is 166 g/mol. The highest BCUT2D eigenvalue weighted by Gasteiger charge is 2.21. The summed E-state index contributed by atoms with van der Waals surface area (Å²) in [6.07, 6.45) is 2.11. The van der Waals surface area contributed by atoms with Crippen LogP contribution in [0, 0.1) is 5.92 Å². The number of ketones is 1. The third kappa shape index (κ3) is 3.87. The number of carbonyl (C=O) groups is 2. The molecule has 1 amide bonds. The van der Waals surface area contributed by atoms with Gasteiger partial charge in [0.25, 0.3) is 0 Å². The summed E-state index contributed by atoms with van der Waals surface area (Å²) in [7, 11) is 0. The molecule has 1 N–H and O–H groups in total. The second-order valence-electron chi connectivity index (χ2n) is 3.17. The summed E-state index contributed by atoms with van der Waals surface area (Å²) in [6, 6.07) is -0.417. The summed E-state index contributed by atoms with van der Waals surface area (Å²) in [5, 5.41) is 2.62. The molecule has 2 atom stereocenters. The molecule has 74 valence electrons. The van der Waals surface area contributed by atoms with Gasteiger partial charge in [-0.1, -0.05) is 26.8 Å². The van der Waals surface area contributed by atoms with Crippen molar-refractivity contribution in [2.45, 2.75) is 33.2 Å². The molecule has 0 heterocycles. The largest absolute Gasteiger partial charge is 0.346 e. The van der Waals surface area contributed by atoms with Crippen molar-refractivity contribution in [2.24, 2.45) is 5.92 Å². The maximum atomic E-state index is 11.3. The lowest BCUT2D eigenvalue weighted by Gasteiger charge is -2.20. The van der Waals surface area contributed by atoms with Gasteiger partial charge < -0.3 is 5.32 Å². The van der Waals surface area contributed by atoms with Crippen molar-refractivity contribution < 1.29 is 9.59 Å². The molecule has 0 aromatic rings. The van der Waals surface area contributed by atoms with Crippen molar-refractivity contribution in [1.29, 1.82) is 0 Å². The van der Waals surface area contributed by atoms with Gasteiger partial charge in [-0.3, -0.25) is 9.59 Å². The van der Waals surface area contributed by atoms with Crippen LogP contribution in [0.15, 0.2) is 12.7 Å². The average molecular weight is 183 g/mol. The first-order valence-corrected chi connectivity index (χ1v) is 4.46. The van der Waals surface area contributed by atoms with E-state index in [1.165, 1.54) is 13.0 Å². The lowest BCUT2D eigenvalue weighted by molar-refractivity contribution is -0.125. The van der Waals surface area contributed by atoms with Gasteiger partial charge in [-0.15, -0.1) is 0 Å². The summed E-state index contributed by atoms with van der Waals surface area (Å²) in [6.45, 7) is 8.73. The second-order valence-corrected chi connectivity index (χ2v) is 3.17. The molecule has 0 bridgehead atoms. The van der Waals surface area contributed by atoms with E-state index >= 15 is 0 Å². The summed E-state index contributed by atoms with van der Waals surface area (Å²) in [4.78, 5) is 22.1. The minimum absolute atomic E-state index is 0.121. The van der Waals surface area contributed by atoms with Gasteiger partial charge in [-0.2, -0.15) is 0 Å². The van der Waals surface area contributed by atoms with Crippen LogP contribution in [0.25, 0.3) is 0 Å². The smallest absolute Gasteiger partial charge is 0.217 e. The lowest BCUT2D eigenvalue weighted by atomic mass is 9.95. The van der Waals surface area contributed by atoms with Crippen molar-refractivity contribution >= 4 is 11.7 Å². The van der Waals surface area contributed by atoms with Gasteiger partial charge in [0, 0.05) is 6.92 Å². The average Bonchev–Trinajstić information content (AvgIpc) is 2.11. The fraction of sp³-hybridized carbons (Fsp3) is 0.600. The maximum Gasteiger partial charge on any atom is 0.217 e. The molecule has 0 aliphatic carbocycles. The molecule has 3 heteroatoms. The van der Waals surface area contributed by atoms with Crippen LogP contribution >= 0.6 is 0 Å². The molecule has 0 radical (unpaired) electrons. The van der Waals surface area contributed by atoms with Crippen molar-refractivity contribution in [3.8, 4) is 0 Å². The van der Waals surface area contributed by atoms with E-state index in [0.29, 0.717) is 0 Å². The first-order valence-electron chi connectivity index (χ1n) is 4.46. The van der Waals surface area contributed by atoms with E-state index < -0.39 is 6.04 Å². The van der Waals surface area contributed by atoms with Crippen LogP contribution in [-0.2, 0) is 9.59 Å². The van der Waals surface area contributed by atoms with Crippen LogP contribution in [0.4, 0.5) is 0 Å². The third-order valence-corrected chi connectivity index (χ3v) is 2.08. The first kappa shape index (κ1) is 11.9. The summed E-state index contributed by atoms with van der Waals surface area (Å²) in [5.74, 6) is -0.153. The van der Waals surface area contributed by atoms with Gasteiger partial charge in [0.05, 0.1) is 6.04 Å². The number of nitrogens with one attached hydrogen (secondary N) is 1. The molecule has 0 saturated heterocycles. The van der Waals surface area contributed by atoms with Gasteiger partial charge in [-0.25, -0.2) is 0 Å². The molecule has 0 saturated carbocycles. The van der Waals surface area contributed by atoms with E-state index in [9.17, 15) is 9.59 Å². The molecule has 0 aromatic heterocycles. The quantitative estimate of drug-likeness (QED) is 0.653. The van der Waals surface area contributed by atoms with Gasteiger partial charge >= 0.3 is 0 Å². The van der Waals surface area contributed by atoms with Crippen molar-refractivity contribution in [3.05, 3.63) is 12.7 Å². The number of carbonyl (C=O) groups excluding carboxylic acids is 2. The summed E-state index contributed by atoms with van der Waals surface area (Å²) in [5.41, 5.74) is 0. The van der Waals surface area contributed by atoms with Crippen LogP contribution in [0.3, 0.4) is 0 Å². The molecule has 3 nitrogen and oxygen atoms in total. The molecule has 13 heavy (non-hydrogen) atoms. The van der Waals surface area contributed by atoms with E-state index in [1.54, 1.807) is 0 Å². The number of hydrogen-bond donors (Lipinski definition) is 1. The Morgan fingerprint density at radius 3 is 2.38 bits per heavy atom. The second kappa shape index (κ2) is 5.51. The zero-order valence-electron chi connectivity index (χ0n) is 8.46. The SMILES string of the molecule is C=CC(=O)C(NC(C)=O)C(C)CC. The molecule has 0 aliphatic rings. The van der Waals surface area contributed by atoms with Crippen molar-refractivity contribution in [3.63, 3.8) is 0 Å². The first-order chi connectivity index (χ1) is 6.02. The van der Waals surface area contributed by atoms with Crippen molar-refractivity contribution in [1.82, 2.24) is 5.32 Å². The predicted molar refractivity (Wildman–Crippen MR) is 52.3 cm³/mol. The minimum atomic E-state index is -0.417. The number of rotatable bonds is 5. The third-order valence-electron chi connectivity index (χ3n) is 2.08. The normalized spacial score (nSPS) is 14.4. The van der Waals surface area contributed by atoms with Crippen LogP contribution in [0.5, 0.6) is 0 Å². The fourth-order valence-corrected chi connectivity index (χ4v) is 1.08. The Morgan fingerprint density at radius 1 is 1.54 bits per heavy atom. The van der Waals surface area contributed by atoms with Gasteiger partial charge in [0.2, 0.25) is 5.91 Å². The monoisotopic (exact) mass is 183 g/mol. The molecule has 2 unspecified atom stereocenters. The van der Waals surface area contributed by atoms with Crippen LogP contribution < -0.4 is 5.32 Å². The predicted octanol–water partition coefficient (Wildman–Crippen LogP) is 1.29. The van der Waals surface area contributed by atoms with Crippen LogP contribution in [0.1, 0.15) is 27.2 Å². The molecular formula is C10H17NO2. The standard InChI is InChI=1S/C10H17NO2/c1-5-7(3)10(9(13)6-2)11-8(4)12/h6-7,10H,2,5H2,1,3-4H3,(H,11,12). The molecule has 0 aromatic carbocycles. The number of amides is 1. The summed E-state index contributed by atoms with van der Waals surface area (Å²) < 4.78 is 0. The van der Waals surface area contributed by atoms with Crippen LogP contribution in [0.2, 0.25) is 0 Å². The zero-order chi connectivity index (χ0) is 10.4. The highest BCUT2D eigenvalue weighted by atomic mass is 16.2. The fourth-order valence-electron chi connectivity index (χ4n) is 1.08. The van der Waals surface area contributed by atoms with Gasteiger partial charge in [0.1, 0.15) is 0 Å². The highest BCUT2D eigenvalue weighted by molar-refractivity contribution is 5.96. The Hall–Kier alpha value is -1.12. The highest BCUT2D eigenvalue weighted by Crippen LogP contribution is 2.08. The van der Waals surface area contributed by atoms with E-state index in [2.05, 4.69) is 11.9 Å². The molecule has 0 fully saturated rings. The molecule has 0 rings (SSSR count). The minimum Gasteiger partial charge on any atom is -0.346 e. The topological polar surface area (TPSA) is 46.2 Å². The van der Waals surface area contributed by atoms with Crippen LogP contribution in [-0.4, -0.2) is 17.7 Å². The van der Waals surface area contributed by atoms with Crippen molar-refractivity contribution in [2.75, 3.05) is 0 Å². The van der Waals surface area contributed by atoms with Gasteiger partial charge in [-0.05, 0) is 12.0 Å². The van der Waals surface area contributed by atoms with E-state index in [-0.39, 0.29) is 17.6 Å². The van der Waals surface area contributed by atoms with Gasteiger partial charge in [0.15, 0.2) is 5.78 Å². The molecule has 0 spiro atoms. The Labute approximate surface area is 79.2 Å². The molecule has 0 aliphatic heterocycles. The van der Waals surface area contributed by atoms with E-state index in [1.807, 2.05) is 13.8 Å². The van der Waals surface area contributed by atoms with E-state index in [4.69, 9.17) is 0 Å². The lowest BCUT2D eigenvalue weighted by Crippen LogP contribution is -2.43. The Bertz CT molecular complexity index is 211. The Kier molecular flexibility index (Phi) is 5.04. The zero-order valence-corrected chi connectivity index (χ0v) is 8.46. The maximum absolute atomic E-state index is 11.3. The Balaban J connectivity index is 4.44. The van der Waals surface area contributed by atoms with E-state index in [0.717, 1.165) is 6.42 Å². The number of hydrogen-bond acceptors (Lipinski definition) is 2.